The van der Waals surface area contributed by atoms with Gasteiger partial charge in [-0.15, -0.1) is 0 Å². The molecule has 0 radical (unpaired) electrons. The molecule has 108 valence electrons. The van der Waals surface area contributed by atoms with Crippen LogP contribution >= 0.6 is 11.6 Å². The van der Waals surface area contributed by atoms with Crippen molar-refractivity contribution in [1.82, 2.24) is 4.90 Å². The number of aliphatic hydroxyl groups excluding tert-OH is 1. The number of amides is 1. The molecule has 20 heavy (non-hydrogen) atoms. The Hall–Kier alpha value is -1.99. The van der Waals surface area contributed by atoms with E-state index < -0.39 is 24.2 Å². The molecule has 0 bridgehead atoms. The number of β-amino-alcohol motifs (C(OH)–C–C–N with tert-alkyl or cyclic N) is 1. The molecular weight excluding hydrogens is 288 g/mol. The van der Waals surface area contributed by atoms with Crippen LogP contribution in [0.4, 0.5) is 10.5 Å². The molecule has 1 unspecified atom stereocenters. The van der Waals surface area contributed by atoms with E-state index in [1.165, 1.54) is 0 Å². The van der Waals surface area contributed by atoms with Crippen LogP contribution in [0.15, 0.2) is 24.3 Å². The van der Waals surface area contributed by atoms with Gasteiger partial charge in [-0.05, 0) is 24.3 Å². The number of hydrogen-bond donors (Lipinski definition) is 3. The molecule has 1 fully saturated rings. The maximum atomic E-state index is 11.8. The molecule has 1 saturated heterocycles. The highest BCUT2D eigenvalue weighted by Gasteiger charge is 2.40. The summed E-state index contributed by atoms with van der Waals surface area (Å²) in [6.07, 6.45) is -1.73. The summed E-state index contributed by atoms with van der Waals surface area (Å²) in [7, 11) is 0. The third-order valence-corrected chi connectivity index (χ3v) is 3.15. The standard InChI is InChI=1S/C12H13ClN2O5/c13-7-1-3-8(4-2-7)14-20-12(19)15-6-9(16)5-10(15)11(17)18/h1-4,9-10,14,16H,5-6H2,(H,17,18)/t9-,10?/m1/s1. The van der Waals surface area contributed by atoms with Gasteiger partial charge in [-0.1, -0.05) is 11.6 Å². The Morgan fingerprint density at radius 1 is 1.35 bits per heavy atom. The highest BCUT2D eigenvalue weighted by atomic mass is 35.5. The lowest BCUT2D eigenvalue weighted by Crippen LogP contribution is -2.41. The predicted molar refractivity (Wildman–Crippen MR) is 70.3 cm³/mol. The Morgan fingerprint density at radius 2 is 2.00 bits per heavy atom. The lowest BCUT2D eigenvalue weighted by atomic mass is 10.2. The summed E-state index contributed by atoms with van der Waals surface area (Å²) in [5.41, 5.74) is 2.89. The van der Waals surface area contributed by atoms with Crippen molar-refractivity contribution >= 4 is 29.4 Å². The maximum absolute atomic E-state index is 11.8. The monoisotopic (exact) mass is 300 g/mol. The lowest BCUT2D eigenvalue weighted by Gasteiger charge is -2.20. The van der Waals surface area contributed by atoms with Gasteiger partial charge < -0.3 is 15.1 Å². The molecule has 0 saturated carbocycles. The van der Waals surface area contributed by atoms with E-state index in [9.17, 15) is 14.7 Å². The summed E-state index contributed by atoms with van der Waals surface area (Å²) >= 11 is 5.71. The van der Waals surface area contributed by atoms with E-state index in [-0.39, 0.29) is 13.0 Å². The number of nitrogens with one attached hydrogen (secondary N) is 1. The fourth-order valence-electron chi connectivity index (χ4n) is 1.93. The predicted octanol–water partition coefficient (Wildman–Crippen LogP) is 1.32. The third kappa shape index (κ3) is 3.31. The van der Waals surface area contributed by atoms with Crippen LogP contribution in [0.5, 0.6) is 0 Å². The number of carboxylic acid groups (broad SMARTS) is 1. The average Bonchev–Trinajstić information content (AvgIpc) is 2.80. The van der Waals surface area contributed by atoms with Gasteiger partial charge in [0.1, 0.15) is 6.04 Å². The number of aliphatic hydroxyl groups is 1. The number of rotatable bonds is 3. The highest BCUT2D eigenvalue weighted by molar-refractivity contribution is 6.30. The number of nitrogens with zero attached hydrogens (tertiary/aromatic N) is 1. The van der Waals surface area contributed by atoms with Crippen LogP contribution in [-0.4, -0.2) is 45.9 Å². The minimum Gasteiger partial charge on any atom is -0.480 e. The SMILES string of the molecule is O=C(O)C1C[C@@H](O)CN1C(=O)ONc1ccc(Cl)cc1. The lowest BCUT2D eigenvalue weighted by molar-refractivity contribution is -0.141. The molecule has 0 aliphatic carbocycles. The molecule has 8 heteroatoms. The van der Waals surface area contributed by atoms with Crippen LogP contribution in [-0.2, 0) is 9.63 Å². The molecule has 1 aromatic carbocycles. The van der Waals surface area contributed by atoms with Gasteiger partial charge in [0.2, 0.25) is 0 Å². The van der Waals surface area contributed by atoms with E-state index >= 15 is 0 Å². The minimum atomic E-state index is -1.18. The Bertz CT molecular complexity index is 507. The molecule has 1 amide bonds. The van der Waals surface area contributed by atoms with Gasteiger partial charge in [-0.3, -0.25) is 4.90 Å². The first kappa shape index (κ1) is 14.4. The zero-order valence-electron chi connectivity index (χ0n) is 10.3. The molecule has 2 atom stereocenters. The smallest absolute Gasteiger partial charge is 0.434 e. The molecule has 1 aliphatic rings. The van der Waals surface area contributed by atoms with E-state index in [1.807, 2.05) is 0 Å². The van der Waals surface area contributed by atoms with Crippen molar-refractivity contribution in [2.45, 2.75) is 18.6 Å². The minimum absolute atomic E-state index is 0.00855. The number of carbonyl (C=O) groups excluding carboxylic acids is 1. The number of halogens is 1. The largest absolute Gasteiger partial charge is 0.480 e. The topological polar surface area (TPSA) is 99.1 Å². The Balaban J connectivity index is 1.94. The van der Waals surface area contributed by atoms with Crippen LogP contribution in [0.2, 0.25) is 5.02 Å². The van der Waals surface area contributed by atoms with Gasteiger partial charge in [-0.2, -0.15) is 0 Å². The van der Waals surface area contributed by atoms with Gasteiger partial charge in [0, 0.05) is 11.4 Å². The summed E-state index contributed by atoms with van der Waals surface area (Å²) in [6.45, 7) is -0.0713. The van der Waals surface area contributed by atoms with Crippen molar-refractivity contribution < 1.29 is 24.6 Å². The summed E-state index contributed by atoms with van der Waals surface area (Å²) in [5.74, 6) is -1.18. The molecule has 1 aliphatic heterocycles. The zero-order valence-corrected chi connectivity index (χ0v) is 11.1. The van der Waals surface area contributed by atoms with E-state index in [1.54, 1.807) is 24.3 Å². The van der Waals surface area contributed by atoms with E-state index in [2.05, 4.69) is 5.48 Å². The van der Waals surface area contributed by atoms with E-state index in [0.29, 0.717) is 10.7 Å². The van der Waals surface area contributed by atoms with Crippen molar-refractivity contribution in [1.29, 1.82) is 0 Å². The molecule has 0 spiro atoms. The van der Waals surface area contributed by atoms with Gasteiger partial charge in [-0.25, -0.2) is 15.1 Å². The van der Waals surface area contributed by atoms with Crippen molar-refractivity contribution in [2.75, 3.05) is 12.0 Å². The Kier molecular flexibility index (Phi) is 4.31. The van der Waals surface area contributed by atoms with Crippen molar-refractivity contribution in [3.05, 3.63) is 29.3 Å². The van der Waals surface area contributed by atoms with Crippen LogP contribution < -0.4 is 5.48 Å². The summed E-state index contributed by atoms with van der Waals surface area (Å²) in [6, 6.07) is 5.34. The second-order valence-corrected chi connectivity index (χ2v) is 4.81. The Labute approximate surface area is 119 Å². The third-order valence-electron chi connectivity index (χ3n) is 2.90. The van der Waals surface area contributed by atoms with Crippen LogP contribution in [0.25, 0.3) is 0 Å². The fraction of sp³-hybridized carbons (Fsp3) is 0.333. The van der Waals surface area contributed by atoms with Gasteiger partial charge in [0.15, 0.2) is 0 Å². The molecule has 2 rings (SSSR count). The summed E-state index contributed by atoms with van der Waals surface area (Å²) in [5, 5.41) is 18.9. The first-order chi connectivity index (χ1) is 9.47. The molecule has 3 N–H and O–H groups in total. The number of likely N-dealkylation sites (tertiary alicyclic amines) is 1. The molecular formula is C12H13ClN2O5. The van der Waals surface area contributed by atoms with Crippen LogP contribution in [0, 0.1) is 0 Å². The van der Waals surface area contributed by atoms with Gasteiger partial charge in [0.25, 0.3) is 0 Å². The molecule has 7 nitrogen and oxygen atoms in total. The number of benzene rings is 1. The number of hydrogen-bond acceptors (Lipinski definition) is 5. The number of aliphatic carboxylic acids is 1. The zero-order chi connectivity index (χ0) is 14.7. The van der Waals surface area contributed by atoms with Crippen LogP contribution in [0.3, 0.4) is 0 Å². The number of carbonyl (C=O) groups is 2. The van der Waals surface area contributed by atoms with E-state index in [0.717, 1.165) is 4.90 Å². The number of anilines is 1. The number of carboxylic acids is 1. The average molecular weight is 301 g/mol. The first-order valence-electron chi connectivity index (χ1n) is 5.87. The fourth-order valence-corrected chi connectivity index (χ4v) is 2.05. The second kappa shape index (κ2) is 5.98. The summed E-state index contributed by atoms with van der Waals surface area (Å²) in [4.78, 5) is 28.5. The molecule has 1 aromatic rings. The first-order valence-corrected chi connectivity index (χ1v) is 6.25. The maximum Gasteiger partial charge on any atom is 0.434 e. The van der Waals surface area contributed by atoms with Crippen molar-refractivity contribution in [3.63, 3.8) is 0 Å². The van der Waals surface area contributed by atoms with Crippen molar-refractivity contribution in [2.24, 2.45) is 0 Å². The van der Waals surface area contributed by atoms with E-state index in [4.69, 9.17) is 21.5 Å². The second-order valence-electron chi connectivity index (χ2n) is 4.37. The molecule has 1 heterocycles. The normalized spacial score (nSPS) is 21.6. The van der Waals surface area contributed by atoms with Crippen molar-refractivity contribution in [3.8, 4) is 0 Å². The summed E-state index contributed by atoms with van der Waals surface area (Å²) < 4.78 is 0. The highest BCUT2D eigenvalue weighted by Crippen LogP contribution is 2.20. The van der Waals surface area contributed by atoms with Crippen LogP contribution in [0.1, 0.15) is 6.42 Å². The van der Waals surface area contributed by atoms with Gasteiger partial charge >= 0.3 is 12.1 Å². The Morgan fingerprint density at radius 3 is 2.60 bits per heavy atom. The molecule has 0 aromatic heterocycles. The van der Waals surface area contributed by atoms with Gasteiger partial charge in [0.05, 0.1) is 18.3 Å². The quantitative estimate of drug-likeness (QED) is 0.728.